The maximum absolute atomic E-state index is 12.7. The minimum Gasteiger partial charge on any atom is -0.491 e. The molecule has 3 amide bonds. The van der Waals surface area contributed by atoms with Crippen LogP contribution in [0.15, 0.2) is 24.3 Å². The van der Waals surface area contributed by atoms with E-state index in [1.807, 2.05) is 13.8 Å². The Hall–Kier alpha value is -3.10. The molecule has 0 aromatic heterocycles. The van der Waals surface area contributed by atoms with Crippen molar-refractivity contribution in [3.8, 4) is 5.75 Å². The van der Waals surface area contributed by atoms with Crippen LogP contribution in [0, 0.1) is 5.92 Å². The molecule has 1 aromatic rings. The van der Waals surface area contributed by atoms with Crippen LogP contribution in [0.2, 0.25) is 0 Å². The fourth-order valence-electron chi connectivity index (χ4n) is 3.09. The molecular formula is C21H29N3O6. The van der Waals surface area contributed by atoms with E-state index < -0.39 is 29.9 Å². The number of aliphatic carboxylic acids is 1. The molecule has 1 heterocycles. The zero-order chi connectivity index (χ0) is 22.3. The Kier molecular flexibility index (Phi) is 8.20. The number of carbonyl (C=O) groups is 4. The van der Waals surface area contributed by atoms with Crippen LogP contribution in [0.5, 0.6) is 5.75 Å². The van der Waals surface area contributed by atoms with Gasteiger partial charge in [-0.2, -0.15) is 0 Å². The first kappa shape index (κ1) is 23.2. The third kappa shape index (κ3) is 6.20. The predicted molar refractivity (Wildman–Crippen MR) is 109 cm³/mol. The van der Waals surface area contributed by atoms with E-state index in [9.17, 15) is 24.3 Å². The number of fused-ring (bicyclic) bond motifs is 1. The molecule has 0 saturated heterocycles. The highest BCUT2D eigenvalue weighted by Gasteiger charge is 2.29. The third-order valence-corrected chi connectivity index (χ3v) is 5.08. The quantitative estimate of drug-likeness (QED) is 0.579. The van der Waals surface area contributed by atoms with E-state index in [0.717, 1.165) is 0 Å². The Morgan fingerprint density at radius 2 is 1.90 bits per heavy atom. The van der Waals surface area contributed by atoms with E-state index in [4.69, 9.17) is 4.74 Å². The molecule has 30 heavy (non-hydrogen) atoms. The van der Waals surface area contributed by atoms with Gasteiger partial charge in [0.2, 0.25) is 11.8 Å². The highest BCUT2D eigenvalue weighted by atomic mass is 16.5. The van der Waals surface area contributed by atoms with Gasteiger partial charge in [0.1, 0.15) is 24.4 Å². The first-order valence-electron chi connectivity index (χ1n) is 10.1. The molecule has 1 aromatic carbocycles. The minimum atomic E-state index is -1.25. The molecule has 9 nitrogen and oxygen atoms in total. The topological polar surface area (TPSA) is 134 Å². The number of hydrogen-bond donors (Lipinski definition) is 4. The van der Waals surface area contributed by atoms with Crippen molar-refractivity contribution in [1.29, 1.82) is 0 Å². The van der Waals surface area contributed by atoms with E-state index in [-0.39, 0.29) is 48.6 Å². The average molecular weight is 419 g/mol. The van der Waals surface area contributed by atoms with Crippen LogP contribution in [0.25, 0.3) is 0 Å². The van der Waals surface area contributed by atoms with Crippen LogP contribution in [-0.4, -0.2) is 53.5 Å². The summed E-state index contributed by atoms with van der Waals surface area (Å²) in [5.74, 6) is -2.47. The molecule has 0 unspecified atom stereocenters. The van der Waals surface area contributed by atoms with Gasteiger partial charge in [0.25, 0.3) is 5.91 Å². The molecule has 1 aliphatic heterocycles. The van der Waals surface area contributed by atoms with Gasteiger partial charge >= 0.3 is 5.97 Å². The number of nitrogens with one attached hydrogen (secondary N) is 3. The summed E-state index contributed by atoms with van der Waals surface area (Å²) in [4.78, 5) is 49.4. The van der Waals surface area contributed by atoms with E-state index in [1.165, 1.54) is 6.07 Å². The maximum Gasteiger partial charge on any atom is 0.326 e. The van der Waals surface area contributed by atoms with Crippen LogP contribution >= 0.6 is 0 Å². The summed E-state index contributed by atoms with van der Waals surface area (Å²) in [5, 5.41) is 17.4. The van der Waals surface area contributed by atoms with Crippen molar-refractivity contribution >= 4 is 23.7 Å². The Balaban J connectivity index is 2.33. The lowest BCUT2D eigenvalue weighted by Gasteiger charge is -2.25. The molecule has 4 N–H and O–H groups in total. The average Bonchev–Trinajstić information content (AvgIpc) is 2.72. The molecule has 1 aliphatic rings. The molecule has 0 radical (unpaired) electrons. The van der Waals surface area contributed by atoms with E-state index in [0.29, 0.717) is 6.42 Å². The Labute approximate surface area is 175 Å². The lowest BCUT2D eigenvalue weighted by atomic mass is 9.97. The summed E-state index contributed by atoms with van der Waals surface area (Å²) in [6.07, 6.45) is 0.413. The zero-order valence-electron chi connectivity index (χ0n) is 17.4. The summed E-state index contributed by atoms with van der Waals surface area (Å²) in [6.45, 7) is 5.63. The van der Waals surface area contributed by atoms with Crippen molar-refractivity contribution < 1.29 is 29.0 Å². The molecule has 0 saturated carbocycles. The first-order valence-corrected chi connectivity index (χ1v) is 10.1. The molecule has 0 spiro atoms. The van der Waals surface area contributed by atoms with Gasteiger partial charge < -0.3 is 25.8 Å². The second-order valence-corrected chi connectivity index (χ2v) is 7.55. The second-order valence-electron chi connectivity index (χ2n) is 7.55. The number of hydrogen-bond acceptors (Lipinski definition) is 5. The predicted octanol–water partition coefficient (Wildman–Crippen LogP) is 1.08. The second kappa shape index (κ2) is 10.6. The van der Waals surface area contributed by atoms with Crippen LogP contribution < -0.4 is 20.7 Å². The van der Waals surface area contributed by atoms with Crippen molar-refractivity contribution in [2.24, 2.45) is 5.92 Å². The summed E-state index contributed by atoms with van der Waals surface area (Å²) < 4.78 is 5.72. The lowest BCUT2D eigenvalue weighted by molar-refractivity contribution is -0.139. The van der Waals surface area contributed by atoms with Crippen molar-refractivity contribution in [3.05, 3.63) is 29.8 Å². The number of amides is 3. The van der Waals surface area contributed by atoms with Crippen molar-refractivity contribution in [1.82, 2.24) is 16.0 Å². The van der Waals surface area contributed by atoms with Gasteiger partial charge in [-0.3, -0.25) is 14.4 Å². The van der Waals surface area contributed by atoms with Crippen LogP contribution in [0.3, 0.4) is 0 Å². The number of rotatable bonds is 3. The van der Waals surface area contributed by atoms with Crippen LogP contribution in [0.1, 0.15) is 50.4 Å². The Bertz CT molecular complexity index is 797. The Morgan fingerprint density at radius 1 is 1.20 bits per heavy atom. The number of benzene rings is 1. The summed E-state index contributed by atoms with van der Waals surface area (Å²) in [6, 6.07) is 4.08. The monoisotopic (exact) mass is 419 g/mol. The van der Waals surface area contributed by atoms with E-state index >= 15 is 0 Å². The molecular weight excluding hydrogens is 390 g/mol. The first-order chi connectivity index (χ1) is 14.2. The summed E-state index contributed by atoms with van der Waals surface area (Å²) >= 11 is 0. The molecule has 2 rings (SSSR count). The maximum atomic E-state index is 12.7. The lowest BCUT2D eigenvalue weighted by Crippen LogP contribution is -2.53. The SMILES string of the molecule is CC[C@H](C)[C@@H]1NC(=O)CC[C@@H](C(=O)O)NC(=O)c2ccccc2OC[C@H](C)NC1=O. The van der Waals surface area contributed by atoms with Crippen LogP contribution in [0.4, 0.5) is 0 Å². The van der Waals surface area contributed by atoms with Crippen molar-refractivity contribution in [2.75, 3.05) is 6.61 Å². The zero-order valence-corrected chi connectivity index (χ0v) is 17.4. The largest absolute Gasteiger partial charge is 0.491 e. The van der Waals surface area contributed by atoms with Gasteiger partial charge in [-0.25, -0.2) is 4.79 Å². The van der Waals surface area contributed by atoms with Gasteiger partial charge in [-0.1, -0.05) is 32.4 Å². The van der Waals surface area contributed by atoms with E-state index in [1.54, 1.807) is 25.1 Å². The fourth-order valence-corrected chi connectivity index (χ4v) is 3.09. The number of carbonyl (C=O) groups excluding carboxylic acids is 3. The number of carboxylic acids is 1. The number of carboxylic acid groups (broad SMARTS) is 1. The molecule has 164 valence electrons. The minimum absolute atomic E-state index is 0.0968. The molecule has 0 fully saturated rings. The van der Waals surface area contributed by atoms with Gasteiger partial charge in [0, 0.05) is 6.42 Å². The van der Waals surface area contributed by atoms with Crippen molar-refractivity contribution in [3.63, 3.8) is 0 Å². The highest BCUT2D eigenvalue weighted by Crippen LogP contribution is 2.19. The van der Waals surface area contributed by atoms with E-state index in [2.05, 4.69) is 16.0 Å². The molecule has 4 atom stereocenters. The van der Waals surface area contributed by atoms with Crippen molar-refractivity contribution in [2.45, 2.75) is 58.2 Å². The summed E-state index contributed by atoms with van der Waals surface area (Å²) in [5.41, 5.74) is 0.180. The van der Waals surface area contributed by atoms with Gasteiger partial charge in [-0.15, -0.1) is 0 Å². The number of ether oxygens (including phenoxy) is 1. The van der Waals surface area contributed by atoms with Gasteiger partial charge in [-0.05, 0) is 31.4 Å². The normalized spacial score (nSPS) is 24.6. The Morgan fingerprint density at radius 3 is 2.57 bits per heavy atom. The highest BCUT2D eigenvalue weighted by molar-refractivity contribution is 5.99. The summed E-state index contributed by atoms with van der Waals surface area (Å²) in [7, 11) is 0. The third-order valence-electron chi connectivity index (χ3n) is 5.08. The van der Waals surface area contributed by atoms with Gasteiger partial charge in [0.15, 0.2) is 0 Å². The van der Waals surface area contributed by atoms with Gasteiger partial charge in [0.05, 0.1) is 11.6 Å². The standard InChI is InChI=1S/C21H29N3O6/c1-4-12(2)18-20(27)22-13(3)11-30-16-8-6-5-7-14(16)19(26)23-15(21(28)29)9-10-17(25)24-18/h5-8,12-13,15,18H,4,9-11H2,1-3H3,(H,22,27)(H,23,26)(H,24,25)(H,28,29)/t12-,13-,15-,18-/m0/s1. The number of para-hydroxylation sites is 1. The van der Waals surface area contributed by atoms with Crippen LogP contribution in [-0.2, 0) is 14.4 Å². The molecule has 0 aliphatic carbocycles. The molecule has 9 heteroatoms. The fraction of sp³-hybridized carbons (Fsp3) is 0.524. The smallest absolute Gasteiger partial charge is 0.326 e. The molecule has 0 bridgehead atoms.